The maximum atomic E-state index is 13.2. The minimum Gasteiger partial charge on any atom is -0.466 e. The summed E-state index contributed by atoms with van der Waals surface area (Å²) >= 11 is 0. The maximum Gasteiger partial charge on any atom is 0.465 e. The van der Waals surface area contributed by atoms with E-state index in [4.69, 9.17) is 14.0 Å². The maximum absolute atomic E-state index is 13.2. The van der Waals surface area contributed by atoms with E-state index in [1.165, 1.54) is 11.2 Å². The summed E-state index contributed by atoms with van der Waals surface area (Å²) in [4.78, 5) is 11.8. The Bertz CT molecular complexity index is 941. The number of sulfonamides is 1. The largest absolute Gasteiger partial charge is 0.466 e. The predicted molar refractivity (Wildman–Crippen MR) is 119 cm³/mol. The zero-order valence-corrected chi connectivity index (χ0v) is 20.0. The number of benzene rings is 1. The first-order chi connectivity index (χ1) is 14.2. The molecule has 1 aromatic carbocycles. The van der Waals surface area contributed by atoms with Crippen molar-refractivity contribution in [1.82, 2.24) is 4.31 Å². The van der Waals surface area contributed by atoms with Crippen molar-refractivity contribution in [3.63, 3.8) is 0 Å². The van der Waals surface area contributed by atoms with Crippen molar-refractivity contribution in [2.45, 2.75) is 63.5 Å². The van der Waals surface area contributed by atoms with E-state index in [9.17, 15) is 13.2 Å². The second-order valence-electron chi connectivity index (χ2n) is 9.47. The minimum atomic E-state index is -3.67. The molecule has 2 aliphatic rings. The molecule has 170 valence electrons. The van der Waals surface area contributed by atoms with Crippen LogP contribution in [0.5, 0.6) is 0 Å². The van der Waals surface area contributed by atoms with Gasteiger partial charge in [0.05, 0.1) is 22.7 Å². The molecule has 31 heavy (non-hydrogen) atoms. The fourth-order valence-electron chi connectivity index (χ4n) is 3.90. The van der Waals surface area contributed by atoms with Crippen LogP contribution in [-0.4, -0.2) is 56.7 Å². The number of ether oxygens (including phenoxy) is 1. The van der Waals surface area contributed by atoms with Gasteiger partial charge >= 0.3 is 13.1 Å². The summed E-state index contributed by atoms with van der Waals surface area (Å²) in [5.74, 6) is -1.06. The van der Waals surface area contributed by atoms with Gasteiger partial charge in [-0.25, -0.2) is 8.42 Å². The first kappa shape index (κ1) is 24.0. The van der Waals surface area contributed by atoms with E-state index in [1.807, 2.05) is 34.6 Å². The average molecular weight is 449 g/mol. The first-order valence-electron chi connectivity index (χ1n) is 10.5. The second kappa shape index (κ2) is 8.35. The average Bonchev–Trinajstić information content (AvgIpc) is 3.13. The first-order valence-corrected chi connectivity index (χ1v) is 11.9. The number of rotatable bonds is 6. The standard InChI is InChI=1S/C22H32BNO6S/c1-15-8-10-18(11-9-15)31(26,27)24-12-16(2)19(13-24)20(14-28-17(3)25)23-29-21(4,5)22(6,7)30-23/h8-11,19-20H,2,12-14H2,1,3-7H3/t19-,20-/m0/s1. The highest BCUT2D eigenvalue weighted by Crippen LogP contribution is 2.45. The third-order valence-corrected chi connectivity index (χ3v) is 8.41. The van der Waals surface area contributed by atoms with Crippen molar-refractivity contribution in [2.24, 2.45) is 5.92 Å². The van der Waals surface area contributed by atoms with Crippen LogP contribution in [0, 0.1) is 12.8 Å². The predicted octanol–water partition coefficient (Wildman–Crippen LogP) is 3.20. The minimum absolute atomic E-state index is 0.0638. The third-order valence-electron chi connectivity index (χ3n) is 6.58. The molecule has 2 atom stereocenters. The Hall–Kier alpha value is -1.68. The van der Waals surface area contributed by atoms with Crippen molar-refractivity contribution in [2.75, 3.05) is 19.7 Å². The monoisotopic (exact) mass is 449 g/mol. The van der Waals surface area contributed by atoms with E-state index in [0.717, 1.165) is 11.1 Å². The van der Waals surface area contributed by atoms with Gasteiger partial charge in [-0.1, -0.05) is 29.8 Å². The van der Waals surface area contributed by atoms with Gasteiger partial charge in [0.2, 0.25) is 10.0 Å². The number of hydrogen-bond acceptors (Lipinski definition) is 6. The van der Waals surface area contributed by atoms with Crippen molar-refractivity contribution in [1.29, 1.82) is 0 Å². The Morgan fingerprint density at radius 1 is 1.23 bits per heavy atom. The quantitative estimate of drug-likeness (QED) is 0.377. The second-order valence-corrected chi connectivity index (χ2v) is 11.4. The molecule has 0 radical (unpaired) electrons. The molecular weight excluding hydrogens is 417 g/mol. The van der Waals surface area contributed by atoms with Gasteiger partial charge in [0, 0.05) is 25.8 Å². The van der Waals surface area contributed by atoms with Crippen LogP contribution in [0.2, 0.25) is 5.82 Å². The van der Waals surface area contributed by atoms with Gasteiger partial charge in [-0.2, -0.15) is 4.31 Å². The molecule has 2 saturated heterocycles. The molecule has 0 saturated carbocycles. The van der Waals surface area contributed by atoms with Crippen molar-refractivity contribution < 1.29 is 27.3 Å². The Morgan fingerprint density at radius 3 is 2.29 bits per heavy atom. The molecule has 2 heterocycles. The van der Waals surface area contributed by atoms with Crippen LogP contribution in [0.15, 0.2) is 41.3 Å². The van der Waals surface area contributed by atoms with E-state index in [1.54, 1.807) is 24.3 Å². The van der Waals surface area contributed by atoms with Crippen LogP contribution < -0.4 is 0 Å². The van der Waals surface area contributed by atoms with Crippen LogP contribution in [0.1, 0.15) is 40.2 Å². The molecular formula is C22H32BNO6S. The Balaban J connectivity index is 1.86. The zero-order valence-electron chi connectivity index (χ0n) is 19.2. The lowest BCUT2D eigenvalue weighted by molar-refractivity contribution is -0.141. The number of carbonyl (C=O) groups is 1. The number of nitrogens with zero attached hydrogens (tertiary/aromatic N) is 1. The highest BCUT2D eigenvalue weighted by atomic mass is 32.2. The number of esters is 1. The number of hydrogen-bond donors (Lipinski definition) is 0. The molecule has 1 aromatic rings. The van der Waals surface area contributed by atoms with E-state index < -0.39 is 34.3 Å². The van der Waals surface area contributed by atoms with Gasteiger partial charge in [0.1, 0.15) is 0 Å². The van der Waals surface area contributed by atoms with E-state index in [2.05, 4.69) is 6.58 Å². The van der Waals surface area contributed by atoms with Gasteiger partial charge in [-0.05, 0) is 52.7 Å². The lowest BCUT2D eigenvalue weighted by atomic mass is 9.64. The van der Waals surface area contributed by atoms with Crippen molar-refractivity contribution in [3.8, 4) is 0 Å². The molecule has 0 N–H and O–H groups in total. The molecule has 9 heteroatoms. The summed E-state index contributed by atoms with van der Waals surface area (Å²) in [6.45, 7) is 15.7. The van der Waals surface area contributed by atoms with Gasteiger partial charge in [-0.15, -0.1) is 0 Å². The Morgan fingerprint density at radius 2 is 1.77 bits per heavy atom. The topological polar surface area (TPSA) is 82.1 Å². The molecule has 0 aliphatic carbocycles. The number of aryl methyl sites for hydroxylation is 1. The summed E-state index contributed by atoms with van der Waals surface area (Å²) in [7, 11) is -4.32. The Kier molecular flexibility index (Phi) is 6.46. The summed E-state index contributed by atoms with van der Waals surface area (Å²) in [5.41, 5.74) is 0.631. The van der Waals surface area contributed by atoms with Crippen molar-refractivity contribution in [3.05, 3.63) is 42.0 Å². The fourth-order valence-corrected chi connectivity index (χ4v) is 5.37. The Labute approximate surface area is 185 Å². The van der Waals surface area contributed by atoms with Crippen LogP contribution in [-0.2, 0) is 28.9 Å². The normalized spacial score (nSPS) is 24.4. The number of carbonyl (C=O) groups excluding carboxylic acids is 1. The summed E-state index contributed by atoms with van der Waals surface area (Å²) in [6, 6.07) is 6.79. The SMILES string of the molecule is C=C1CN(S(=O)(=O)c2ccc(C)cc2)C[C@@H]1[C@H](COC(C)=O)B1OC(C)(C)C(C)(C)O1. The summed E-state index contributed by atoms with van der Waals surface area (Å²) < 4.78 is 45.6. The zero-order chi connectivity index (χ0) is 23.2. The van der Waals surface area contributed by atoms with Crippen molar-refractivity contribution >= 4 is 23.1 Å². The molecule has 2 fully saturated rings. The molecule has 0 amide bonds. The van der Waals surface area contributed by atoms with Crippen LogP contribution in [0.4, 0.5) is 0 Å². The van der Waals surface area contributed by atoms with Gasteiger partial charge in [-0.3, -0.25) is 4.79 Å². The van der Waals surface area contributed by atoms with Crippen LogP contribution >= 0.6 is 0 Å². The highest BCUT2D eigenvalue weighted by Gasteiger charge is 2.56. The molecule has 0 spiro atoms. The van der Waals surface area contributed by atoms with E-state index >= 15 is 0 Å². The van der Waals surface area contributed by atoms with E-state index in [0.29, 0.717) is 0 Å². The van der Waals surface area contributed by atoms with Gasteiger partial charge in [0.15, 0.2) is 0 Å². The lowest BCUT2D eigenvalue weighted by Gasteiger charge is -2.32. The fraction of sp³-hybridized carbons (Fsp3) is 0.591. The third kappa shape index (κ3) is 4.74. The summed E-state index contributed by atoms with van der Waals surface area (Å²) in [5, 5.41) is 0. The molecule has 0 aromatic heterocycles. The highest BCUT2D eigenvalue weighted by molar-refractivity contribution is 7.89. The molecule has 0 unspecified atom stereocenters. The van der Waals surface area contributed by atoms with Crippen LogP contribution in [0.25, 0.3) is 0 Å². The van der Waals surface area contributed by atoms with Gasteiger partial charge in [0.25, 0.3) is 0 Å². The summed E-state index contributed by atoms with van der Waals surface area (Å²) in [6.07, 6.45) is 0. The molecule has 2 aliphatic heterocycles. The molecule has 7 nitrogen and oxygen atoms in total. The molecule has 3 rings (SSSR count). The van der Waals surface area contributed by atoms with E-state index in [-0.39, 0.29) is 36.3 Å². The van der Waals surface area contributed by atoms with Gasteiger partial charge < -0.3 is 14.0 Å². The smallest absolute Gasteiger partial charge is 0.465 e. The van der Waals surface area contributed by atoms with Crippen LogP contribution in [0.3, 0.4) is 0 Å². The lowest BCUT2D eigenvalue weighted by Crippen LogP contribution is -2.41. The molecule has 0 bridgehead atoms.